The van der Waals surface area contributed by atoms with E-state index in [1.54, 1.807) is 13.8 Å². The average molecular weight is 167 g/mol. The number of hydrogen-bond donors (Lipinski definition) is 1. The van der Waals surface area contributed by atoms with Crippen LogP contribution in [-0.2, 0) is 4.74 Å². The summed E-state index contributed by atoms with van der Waals surface area (Å²) in [5, 5.41) is 8.05. The molecule has 0 aliphatic carbocycles. The van der Waals surface area contributed by atoms with Crippen LogP contribution in [0.1, 0.15) is 20.3 Å². The molecule has 0 amide bonds. The zero-order chi connectivity index (χ0) is 8.20. The van der Waals surface area contributed by atoms with Crippen LogP contribution in [0.5, 0.6) is 0 Å². The Labute approximate surface area is 64.9 Å². The van der Waals surface area contributed by atoms with Gasteiger partial charge >= 0.3 is 6.16 Å². The molecule has 3 nitrogen and oxygen atoms in total. The number of halogens is 1. The van der Waals surface area contributed by atoms with Gasteiger partial charge in [0.05, 0.1) is 6.61 Å². The molecule has 4 heteroatoms. The first-order valence-corrected chi connectivity index (χ1v) is 3.34. The van der Waals surface area contributed by atoms with Gasteiger partial charge in [-0.15, -0.1) is 11.6 Å². The van der Waals surface area contributed by atoms with Gasteiger partial charge in [0.15, 0.2) is 0 Å². The van der Waals surface area contributed by atoms with Crippen molar-refractivity contribution in [2.45, 2.75) is 25.1 Å². The van der Waals surface area contributed by atoms with E-state index in [4.69, 9.17) is 16.7 Å². The van der Waals surface area contributed by atoms with Crippen LogP contribution in [0.25, 0.3) is 0 Å². The Hall–Kier alpha value is -0.440. The summed E-state index contributed by atoms with van der Waals surface area (Å²) in [5.41, 5.74) is 0. The quantitative estimate of drug-likeness (QED) is 0.516. The second-order valence-corrected chi connectivity index (χ2v) is 3.61. The van der Waals surface area contributed by atoms with E-state index in [0.717, 1.165) is 0 Å². The van der Waals surface area contributed by atoms with Crippen molar-refractivity contribution in [2.24, 2.45) is 0 Å². The minimum atomic E-state index is -1.25. The molecule has 0 radical (unpaired) electrons. The molecule has 0 rings (SSSR count). The summed E-state index contributed by atoms with van der Waals surface area (Å²) in [6, 6.07) is 0. The van der Waals surface area contributed by atoms with E-state index in [1.165, 1.54) is 0 Å². The number of carboxylic acid groups (broad SMARTS) is 1. The summed E-state index contributed by atoms with van der Waals surface area (Å²) < 4.78 is 4.25. The monoisotopic (exact) mass is 166 g/mol. The number of rotatable bonds is 3. The second-order valence-electron chi connectivity index (χ2n) is 2.58. The summed E-state index contributed by atoms with van der Waals surface area (Å²) in [5.74, 6) is 0. The van der Waals surface area contributed by atoms with Crippen molar-refractivity contribution in [2.75, 3.05) is 6.61 Å². The zero-order valence-corrected chi connectivity index (χ0v) is 6.81. The van der Waals surface area contributed by atoms with E-state index < -0.39 is 6.16 Å². The molecule has 60 valence electrons. The van der Waals surface area contributed by atoms with Crippen molar-refractivity contribution in [1.29, 1.82) is 0 Å². The SMILES string of the molecule is CC(C)(Cl)CCOC(=O)O. The van der Waals surface area contributed by atoms with Crippen LogP contribution in [0, 0.1) is 0 Å². The predicted molar refractivity (Wildman–Crippen MR) is 38.5 cm³/mol. The molecule has 0 unspecified atom stereocenters. The fourth-order valence-electron chi connectivity index (χ4n) is 0.381. The van der Waals surface area contributed by atoms with Gasteiger partial charge in [0.2, 0.25) is 0 Å². The summed E-state index contributed by atoms with van der Waals surface area (Å²) in [7, 11) is 0. The Bertz CT molecular complexity index is 117. The largest absolute Gasteiger partial charge is 0.505 e. The van der Waals surface area contributed by atoms with Crippen LogP contribution in [0.2, 0.25) is 0 Å². The van der Waals surface area contributed by atoms with Crippen LogP contribution in [0.4, 0.5) is 4.79 Å². The van der Waals surface area contributed by atoms with Gasteiger partial charge in [-0.2, -0.15) is 0 Å². The highest BCUT2D eigenvalue weighted by Gasteiger charge is 2.13. The Morgan fingerprint density at radius 2 is 2.20 bits per heavy atom. The average Bonchev–Trinajstić information content (AvgIpc) is 1.59. The molecule has 0 saturated heterocycles. The van der Waals surface area contributed by atoms with E-state index in [-0.39, 0.29) is 11.5 Å². The normalized spacial score (nSPS) is 11.1. The van der Waals surface area contributed by atoms with Gasteiger partial charge in [0.25, 0.3) is 0 Å². The first-order chi connectivity index (χ1) is 4.42. The lowest BCUT2D eigenvalue weighted by Crippen LogP contribution is -2.15. The fraction of sp³-hybridized carbons (Fsp3) is 0.833. The summed E-state index contributed by atoms with van der Waals surface area (Å²) >= 11 is 5.74. The first kappa shape index (κ1) is 9.56. The zero-order valence-electron chi connectivity index (χ0n) is 6.06. The maximum Gasteiger partial charge on any atom is 0.505 e. The molecule has 0 saturated carbocycles. The van der Waals surface area contributed by atoms with Gasteiger partial charge in [0, 0.05) is 11.3 Å². The number of hydrogen-bond acceptors (Lipinski definition) is 2. The molecule has 1 N–H and O–H groups in total. The lowest BCUT2D eigenvalue weighted by atomic mass is 10.1. The van der Waals surface area contributed by atoms with Crippen LogP contribution in [-0.4, -0.2) is 22.7 Å². The van der Waals surface area contributed by atoms with Gasteiger partial charge in [0.1, 0.15) is 0 Å². The van der Waals surface area contributed by atoms with Crippen LogP contribution < -0.4 is 0 Å². The van der Waals surface area contributed by atoms with E-state index in [2.05, 4.69) is 4.74 Å². The van der Waals surface area contributed by atoms with Crippen molar-refractivity contribution in [1.82, 2.24) is 0 Å². The van der Waals surface area contributed by atoms with Crippen LogP contribution in [0.3, 0.4) is 0 Å². The van der Waals surface area contributed by atoms with Crippen molar-refractivity contribution in [3.8, 4) is 0 Å². The molecule has 0 heterocycles. The van der Waals surface area contributed by atoms with Gasteiger partial charge in [-0.3, -0.25) is 0 Å². The van der Waals surface area contributed by atoms with Crippen LogP contribution in [0.15, 0.2) is 0 Å². The molecular formula is C6H11ClO3. The maximum absolute atomic E-state index is 9.82. The molecule has 0 aliphatic heterocycles. The van der Waals surface area contributed by atoms with Gasteiger partial charge < -0.3 is 9.84 Å². The Morgan fingerprint density at radius 1 is 1.70 bits per heavy atom. The van der Waals surface area contributed by atoms with E-state index in [9.17, 15) is 4.79 Å². The Balaban J connectivity index is 3.29. The standard InChI is InChI=1S/C6H11ClO3/c1-6(2,7)3-4-10-5(8)9/h3-4H2,1-2H3,(H,8,9). The highest BCUT2D eigenvalue weighted by atomic mass is 35.5. The van der Waals surface area contributed by atoms with Crippen LogP contribution >= 0.6 is 11.6 Å². The minimum Gasteiger partial charge on any atom is -0.450 e. The third kappa shape index (κ3) is 7.56. The molecule has 0 fully saturated rings. The van der Waals surface area contributed by atoms with Crippen molar-refractivity contribution in [3.63, 3.8) is 0 Å². The van der Waals surface area contributed by atoms with Crippen molar-refractivity contribution >= 4 is 17.8 Å². The first-order valence-electron chi connectivity index (χ1n) is 2.96. The van der Waals surface area contributed by atoms with Gasteiger partial charge in [-0.05, 0) is 13.8 Å². The molecule has 0 aromatic rings. The Kier molecular flexibility index (Phi) is 3.50. The molecule has 0 aliphatic rings. The number of ether oxygens (including phenoxy) is 1. The van der Waals surface area contributed by atoms with E-state index >= 15 is 0 Å². The highest BCUT2D eigenvalue weighted by Crippen LogP contribution is 2.16. The van der Waals surface area contributed by atoms with Gasteiger partial charge in [-0.25, -0.2) is 4.79 Å². The topological polar surface area (TPSA) is 46.5 Å². The van der Waals surface area contributed by atoms with Crippen molar-refractivity contribution < 1.29 is 14.6 Å². The second kappa shape index (κ2) is 3.66. The van der Waals surface area contributed by atoms with E-state index in [0.29, 0.717) is 6.42 Å². The van der Waals surface area contributed by atoms with E-state index in [1.807, 2.05) is 0 Å². The highest BCUT2D eigenvalue weighted by molar-refractivity contribution is 6.23. The molecular weight excluding hydrogens is 156 g/mol. The smallest absolute Gasteiger partial charge is 0.450 e. The molecule has 0 atom stereocenters. The molecule has 10 heavy (non-hydrogen) atoms. The molecule has 0 bridgehead atoms. The molecule has 0 aromatic carbocycles. The summed E-state index contributed by atoms with van der Waals surface area (Å²) in [4.78, 5) is 9.44. The number of carbonyl (C=O) groups is 1. The number of alkyl halides is 1. The van der Waals surface area contributed by atoms with Crippen molar-refractivity contribution in [3.05, 3.63) is 0 Å². The fourth-order valence-corrected chi connectivity index (χ4v) is 0.458. The molecule has 0 spiro atoms. The minimum absolute atomic E-state index is 0.159. The lowest BCUT2D eigenvalue weighted by Gasteiger charge is -2.13. The Morgan fingerprint density at radius 3 is 2.50 bits per heavy atom. The summed E-state index contributed by atoms with van der Waals surface area (Å²) in [6.07, 6.45) is -0.721. The third-order valence-corrected chi connectivity index (χ3v) is 1.11. The lowest BCUT2D eigenvalue weighted by molar-refractivity contribution is 0.0886. The summed E-state index contributed by atoms with van der Waals surface area (Å²) in [6.45, 7) is 3.77. The maximum atomic E-state index is 9.82. The third-order valence-electron chi connectivity index (χ3n) is 0.922. The predicted octanol–water partition coefficient (Wildman–Crippen LogP) is 2.09. The van der Waals surface area contributed by atoms with Gasteiger partial charge in [-0.1, -0.05) is 0 Å². The molecule has 0 aromatic heterocycles.